The molecule has 3 rings (SSSR count). The molecule has 0 amide bonds. The van der Waals surface area contributed by atoms with Crippen LogP contribution in [0.3, 0.4) is 0 Å². The van der Waals surface area contributed by atoms with E-state index in [0.717, 1.165) is 28.6 Å². The molecule has 0 bridgehead atoms. The summed E-state index contributed by atoms with van der Waals surface area (Å²) < 4.78 is 73.9. The lowest BCUT2D eigenvalue weighted by Crippen LogP contribution is -2.32. The molecule has 0 spiro atoms. The van der Waals surface area contributed by atoms with E-state index < -0.39 is 27.7 Å². The number of hydrogen-bond donors (Lipinski definition) is 1. The topological polar surface area (TPSA) is 83.9 Å². The van der Waals surface area contributed by atoms with Crippen molar-refractivity contribution >= 4 is 27.8 Å². The first-order valence-electron chi connectivity index (χ1n) is 10.9. The van der Waals surface area contributed by atoms with Gasteiger partial charge in [-0.2, -0.15) is 13.2 Å². The van der Waals surface area contributed by atoms with Gasteiger partial charge in [0.15, 0.2) is 0 Å². The number of carboxylic acids is 1. The van der Waals surface area contributed by atoms with Crippen molar-refractivity contribution in [3.63, 3.8) is 0 Å². The second-order valence-electron chi connectivity index (χ2n) is 7.77. The quantitative estimate of drug-likeness (QED) is 0.333. The molecule has 10 heteroatoms. The summed E-state index contributed by atoms with van der Waals surface area (Å²) in [4.78, 5) is 10.7. The molecule has 0 saturated heterocycles. The Labute approximate surface area is 207 Å². The Bertz CT molecular complexity index is 1320. The zero-order valence-corrected chi connectivity index (χ0v) is 20.1. The smallest absolute Gasteiger partial charge is 0.416 e. The summed E-state index contributed by atoms with van der Waals surface area (Å²) in [5.41, 5.74) is 0.237. The van der Waals surface area contributed by atoms with E-state index in [1.54, 1.807) is 49.4 Å². The van der Waals surface area contributed by atoms with Crippen LogP contribution in [0, 0.1) is 0 Å². The second-order valence-corrected chi connectivity index (χ2v) is 9.63. The van der Waals surface area contributed by atoms with E-state index in [2.05, 4.69) is 0 Å². The largest absolute Gasteiger partial charge is 0.487 e. The molecule has 1 N–H and O–H groups in total. The number of aliphatic carboxylic acids is 1. The average Bonchev–Trinajstić information content (AvgIpc) is 2.85. The summed E-state index contributed by atoms with van der Waals surface area (Å²) in [5, 5.41) is 8.72. The molecule has 0 aliphatic carbocycles. The Balaban J connectivity index is 1.98. The van der Waals surface area contributed by atoms with Gasteiger partial charge in [-0.1, -0.05) is 49.4 Å². The number of carboxylic acid groups (broad SMARTS) is 1. The number of alkyl halides is 3. The van der Waals surface area contributed by atoms with Crippen molar-refractivity contribution < 1.29 is 36.2 Å². The first-order valence-corrected chi connectivity index (χ1v) is 12.4. The van der Waals surface area contributed by atoms with Crippen LogP contribution in [-0.2, 0) is 27.6 Å². The zero-order chi connectivity index (χ0) is 26.3. The Morgan fingerprint density at radius 3 is 2.28 bits per heavy atom. The minimum Gasteiger partial charge on any atom is -0.487 e. The second kappa shape index (κ2) is 11.3. The maximum Gasteiger partial charge on any atom is 0.416 e. The molecule has 0 fully saturated rings. The predicted octanol–water partition coefficient (Wildman–Crippen LogP) is 5.99. The van der Waals surface area contributed by atoms with E-state index in [-0.39, 0.29) is 29.5 Å². The third-order valence-electron chi connectivity index (χ3n) is 5.11. The average molecular weight is 520 g/mol. The molecule has 3 aromatic rings. The summed E-state index contributed by atoms with van der Waals surface area (Å²) >= 11 is 0. The molecule has 0 aliphatic heterocycles. The molecule has 190 valence electrons. The highest BCUT2D eigenvalue weighted by atomic mass is 32.2. The summed E-state index contributed by atoms with van der Waals surface area (Å²) in [6, 6.07) is 16.9. The van der Waals surface area contributed by atoms with Crippen LogP contribution in [0.4, 0.5) is 18.9 Å². The van der Waals surface area contributed by atoms with E-state index in [1.807, 2.05) is 0 Å². The van der Waals surface area contributed by atoms with E-state index in [0.29, 0.717) is 17.5 Å². The molecule has 0 unspecified atom stereocenters. The van der Waals surface area contributed by atoms with Gasteiger partial charge in [0.05, 0.1) is 16.1 Å². The highest BCUT2D eigenvalue weighted by molar-refractivity contribution is 7.92. The molecular weight excluding hydrogens is 495 g/mol. The van der Waals surface area contributed by atoms with Crippen LogP contribution in [0.2, 0.25) is 0 Å². The van der Waals surface area contributed by atoms with Crippen LogP contribution >= 0.6 is 0 Å². The minimum absolute atomic E-state index is 0.00489. The van der Waals surface area contributed by atoms with Crippen LogP contribution in [0.5, 0.6) is 5.75 Å². The third-order valence-corrected chi connectivity index (χ3v) is 6.93. The van der Waals surface area contributed by atoms with Crippen molar-refractivity contribution in [3.8, 4) is 5.75 Å². The van der Waals surface area contributed by atoms with Gasteiger partial charge in [-0.25, -0.2) is 13.2 Å². The van der Waals surface area contributed by atoms with Crippen LogP contribution < -0.4 is 9.04 Å². The van der Waals surface area contributed by atoms with E-state index in [9.17, 15) is 26.4 Å². The molecule has 36 heavy (non-hydrogen) atoms. The fourth-order valence-electron chi connectivity index (χ4n) is 3.36. The van der Waals surface area contributed by atoms with Gasteiger partial charge in [-0.3, -0.25) is 4.31 Å². The SMILES string of the molecule is CCCN(c1ccc(C(F)(F)F)cc1OCc1ccc(/C=C/C(=O)O)cc1)S(=O)(=O)c1ccccc1. The maximum atomic E-state index is 13.4. The van der Waals surface area contributed by atoms with Gasteiger partial charge in [0, 0.05) is 12.6 Å². The first kappa shape index (κ1) is 26.8. The number of ether oxygens (including phenoxy) is 1. The van der Waals surface area contributed by atoms with Crippen molar-refractivity contribution in [3.05, 3.63) is 95.6 Å². The van der Waals surface area contributed by atoms with Gasteiger partial charge in [0.25, 0.3) is 10.0 Å². The molecule has 0 aromatic heterocycles. The number of benzene rings is 3. The predicted molar refractivity (Wildman–Crippen MR) is 130 cm³/mol. The summed E-state index contributed by atoms with van der Waals surface area (Å²) in [6.45, 7) is 1.66. The lowest BCUT2D eigenvalue weighted by Gasteiger charge is -2.27. The van der Waals surface area contributed by atoms with Crippen molar-refractivity contribution in [2.24, 2.45) is 0 Å². The molecule has 0 aliphatic rings. The fraction of sp³-hybridized carbons (Fsp3) is 0.192. The summed E-state index contributed by atoms with van der Waals surface area (Å²) in [6.07, 6.45) is -1.86. The molecule has 6 nitrogen and oxygen atoms in total. The highest BCUT2D eigenvalue weighted by Crippen LogP contribution is 2.39. The number of anilines is 1. The standard InChI is InChI=1S/C26H24F3NO5S/c1-2-16-30(36(33,34)22-6-4-3-5-7-22)23-14-13-21(26(27,28)29)17-24(23)35-18-20-10-8-19(9-11-20)12-15-25(31)32/h3-15,17H,2,16,18H2,1H3,(H,31,32)/b15-12+. The van der Waals surface area contributed by atoms with Crippen LogP contribution in [0.25, 0.3) is 6.08 Å². The Morgan fingerprint density at radius 2 is 1.69 bits per heavy atom. The lowest BCUT2D eigenvalue weighted by molar-refractivity contribution is -0.137. The normalized spacial score (nSPS) is 12.0. The Morgan fingerprint density at radius 1 is 1.03 bits per heavy atom. The number of carbonyl (C=O) groups is 1. The van der Waals surface area contributed by atoms with Crippen molar-refractivity contribution in [2.75, 3.05) is 10.8 Å². The van der Waals surface area contributed by atoms with Crippen LogP contribution in [-0.4, -0.2) is 26.0 Å². The van der Waals surface area contributed by atoms with Gasteiger partial charge in [0.2, 0.25) is 0 Å². The van der Waals surface area contributed by atoms with Gasteiger partial charge < -0.3 is 9.84 Å². The Kier molecular flexibility index (Phi) is 8.41. The summed E-state index contributed by atoms with van der Waals surface area (Å²) in [7, 11) is -4.07. The van der Waals surface area contributed by atoms with Crippen molar-refractivity contribution in [2.45, 2.75) is 31.0 Å². The van der Waals surface area contributed by atoms with E-state index >= 15 is 0 Å². The van der Waals surface area contributed by atoms with Crippen molar-refractivity contribution in [1.29, 1.82) is 0 Å². The fourth-order valence-corrected chi connectivity index (χ4v) is 4.95. The molecule has 0 radical (unpaired) electrons. The van der Waals surface area contributed by atoms with E-state index in [4.69, 9.17) is 9.84 Å². The number of rotatable bonds is 10. The van der Waals surface area contributed by atoms with Crippen LogP contribution in [0.1, 0.15) is 30.0 Å². The molecular formula is C26H24F3NO5S. The monoisotopic (exact) mass is 519 g/mol. The maximum absolute atomic E-state index is 13.4. The number of nitrogens with zero attached hydrogens (tertiary/aromatic N) is 1. The minimum atomic E-state index is -4.65. The van der Waals surface area contributed by atoms with E-state index in [1.165, 1.54) is 18.2 Å². The number of hydrogen-bond acceptors (Lipinski definition) is 4. The van der Waals surface area contributed by atoms with Gasteiger partial charge in [0.1, 0.15) is 12.4 Å². The Hall–Kier alpha value is -3.79. The summed E-state index contributed by atoms with van der Waals surface area (Å²) in [5.74, 6) is -1.32. The lowest BCUT2D eigenvalue weighted by atomic mass is 10.1. The third kappa shape index (κ3) is 6.66. The van der Waals surface area contributed by atoms with Crippen LogP contribution in [0.15, 0.2) is 83.8 Å². The van der Waals surface area contributed by atoms with Gasteiger partial charge in [-0.05, 0) is 54.0 Å². The number of halogens is 3. The molecule has 0 saturated carbocycles. The van der Waals surface area contributed by atoms with Gasteiger partial charge in [-0.15, -0.1) is 0 Å². The highest BCUT2D eigenvalue weighted by Gasteiger charge is 2.33. The van der Waals surface area contributed by atoms with Crippen molar-refractivity contribution in [1.82, 2.24) is 0 Å². The first-order chi connectivity index (χ1) is 17.0. The van der Waals surface area contributed by atoms with Gasteiger partial charge >= 0.3 is 12.1 Å². The molecule has 3 aromatic carbocycles. The molecule has 0 heterocycles. The number of sulfonamides is 1. The zero-order valence-electron chi connectivity index (χ0n) is 19.3. The molecule has 0 atom stereocenters.